The number of aldehydes is 1. The van der Waals surface area contributed by atoms with E-state index < -0.39 is 0 Å². The molecule has 0 bridgehead atoms. The second-order valence-corrected chi connectivity index (χ2v) is 7.14. The molecule has 0 amide bonds. The summed E-state index contributed by atoms with van der Waals surface area (Å²) >= 11 is 0. The first-order valence-electron chi connectivity index (χ1n) is 9.59. The molecule has 0 spiro atoms. The lowest BCUT2D eigenvalue weighted by atomic mass is 9.99. The molecule has 0 unspecified atom stereocenters. The SMILES string of the molecule is O=Cc1ccc(N2CCN(Cc3ccccc3-c3ccc(F)cc3)CC2)cc1. The number of hydrogen-bond acceptors (Lipinski definition) is 3. The molecule has 1 saturated heterocycles. The average molecular weight is 374 g/mol. The van der Waals surface area contributed by atoms with E-state index in [2.05, 4.69) is 28.0 Å². The van der Waals surface area contributed by atoms with Crippen molar-refractivity contribution in [2.24, 2.45) is 0 Å². The van der Waals surface area contributed by atoms with Crippen LogP contribution in [0.4, 0.5) is 10.1 Å². The smallest absolute Gasteiger partial charge is 0.150 e. The van der Waals surface area contributed by atoms with Crippen molar-refractivity contribution in [1.82, 2.24) is 4.90 Å². The van der Waals surface area contributed by atoms with Crippen LogP contribution < -0.4 is 4.90 Å². The van der Waals surface area contributed by atoms with Crippen LogP contribution in [0.15, 0.2) is 72.8 Å². The van der Waals surface area contributed by atoms with Crippen LogP contribution in [0.3, 0.4) is 0 Å². The summed E-state index contributed by atoms with van der Waals surface area (Å²) in [6.07, 6.45) is 0.875. The Bertz CT molecular complexity index is 930. The molecule has 4 heteroatoms. The predicted octanol–water partition coefficient (Wildman–Crippen LogP) is 4.63. The van der Waals surface area contributed by atoms with Crippen molar-refractivity contribution in [3.8, 4) is 11.1 Å². The van der Waals surface area contributed by atoms with Crippen molar-refractivity contribution in [2.45, 2.75) is 6.54 Å². The molecule has 4 rings (SSSR count). The second-order valence-electron chi connectivity index (χ2n) is 7.14. The van der Waals surface area contributed by atoms with Crippen molar-refractivity contribution in [3.05, 3.63) is 89.7 Å². The topological polar surface area (TPSA) is 23.6 Å². The number of anilines is 1. The quantitative estimate of drug-likeness (QED) is 0.609. The molecule has 3 aromatic carbocycles. The third-order valence-corrected chi connectivity index (χ3v) is 5.33. The second kappa shape index (κ2) is 8.36. The number of rotatable bonds is 5. The van der Waals surface area contributed by atoms with Gasteiger partial charge in [-0.3, -0.25) is 9.69 Å². The Kier molecular flexibility index (Phi) is 5.49. The van der Waals surface area contributed by atoms with E-state index >= 15 is 0 Å². The Balaban J connectivity index is 1.42. The van der Waals surface area contributed by atoms with E-state index in [1.54, 1.807) is 0 Å². The first-order valence-corrected chi connectivity index (χ1v) is 9.59. The van der Waals surface area contributed by atoms with Gasteiger partial charge in [-0.1, -0.05) is 36.4 Å². The first kappa shape index (κ1) is 18.4. The highest BCUT2D eigenvalue weighted by Crippen LogP contribution is 2.26. The van der Waals surface area contributed by atoms with Crippen LogP contribution in [0.5, 0.6) is 0 Å². The van der Waals surface area contributed by atoms with Crippen LogP contribution in [0.2, 0.25) is 0 Å². The number of carbonyl (C=O) groups excluding carboxylic acids is 1. The van der Waals surface area contributed by atoms with Crippen LogP contribution in [-0.4, -0.2) is 37.4 Å². The van der Waals surface area contributed by atoms with Gasteiger partial charge in [0, 0.05) is 44.0 Å². The Morgan fingerprint density at radius 1 is 0.821 bits per heavy atom. The van der Waals surface area contributed by atoms with Gasteiger partial charge < -0.3 is 4.90 Å². The summed E-state index contributed by atoms with van der Waals surface area (Å²) in [5.74, 6) is -0.210. The van der Waals surface area contributed by atoms with E-state index in [4.69, 9.17) is 0 Å². The maximum Gasteiger partial charge on any atom is 0.150 e. The molecule has 0 saturated carbocycles. The van der Waals surface area contributed by atoms with Crippen LogP contribution >= 0.6 is 0 Å². The molecule has 28 heavy (non-hydrogen) atoms. The average Bonchev–Trinajstić information content (AvgIpc) is 2.75. The molecule has 3 aromatic rings. The van der Waals surface area contributed by atoms with Crippen LogP contribution in [0.1, 0.15) is 15.9 Å². The fourth-order valence-corrected chi connectivity index (χ4v) is 3.74. The standard InChI is InChI=1S/C24H23FN2O/c25-22-9-7-20(8-10-22)24-4-2-1-3-21(24)17-26-13-15-27(16-14-26)23-11-5-19(18-28)6-12-23/h1-12,18H,13-17H2. The molecule has 0 radical (unpaired) electrons. The van der Waals surface area contributed by atoms with Crippen molar-refractivity contribution < 1.29 is 9.18 Å². The normalized spacial score (nSPS) is 14.8. The van der Waals surface area contributed by atoms with Crippen LogP contribution in [-0.2, 0) is 6.54 Å². The molecule has 0 aliphatic carbocycles. The van der Waals surface area contributed by atoms with E-state index in [1.807, 2.05) is 42.5 Å². The number of nitrogens with zero attached hydrogens (tertiary/aromatic N) is 2. The van der Waals surface area contributed by atoms with Gasteiger partial charge in [0.15, 0.2) is 0 Å². The molecule has 3 nitrogen and oxygen atoms in total. The first-order chi connectivity index (χ1) is 13.7. The fourth-order valence-electron chi connectivity index (χ4n) is 3.74. The van der Waals surface area contributed by atoms with Gasteiger partial charge in [0.2, 0.25) is 0 Å². The van der Waals surface area contributed by atoms with E-state index in [-0.39, 0.29) is 5.82 Å². The summed E-state index contributed by atoms with van der Waals surface area (Å²) < 4.78 is 13.3. The van der Waals surface area contributed by atoms with Gasteiger partial charge in [-0.15, -0.1) is 0 Å². The fraction of sp³-hybridized carbons (Fsp3) is 0.208. The van der Waals surface area contributed by atoms with Crippen molar-refractivity contribution in [2.75, 3.05) is 31.1 Å². The number of hydrogen-bond donors (Lipinski definition) is 0. The highest BCUT2D eigenvalue weighted by molar-refractivity contribution is 5.75. The third kappa shape index (κ3) is 4.12. The molecule has 1 aliphatic rings. The molecule has 1 fully saturated rings. The van der Waals surface area contributed by atoms with Crippen molar-refractivity contribution in [1.29, 1.82) is 0 Å². The van der Waals surface area contributed by atoms with Gasteiger partial charge >= 0.3 is 0 Å². The lowest BCUT2D eigenvalue weighted by Crippen LogP contribution is -2.46. The number of benzene rings is 3. The monoisotopic (exact) mass is 374 g/mol. The minimum absolute atomic E-state index is 0.210. The van der Waals surface area contributed by atoms with Gasteiger partial charge in [0.25, 0.3) is 0 Å². The summed E-state index contributed by atoms with van der Waals surface area (Å²) in [5, 5.41) is 0. The molecule has 1 aliphatic heterocycles. The number of carbonyl (C=O) groups is 1. The third-order valence-electron chi connectivity index (χ3n) is 5.33. The molecular weight excluding hydrogens is 351 g/mol. The summed E-state index contributed by atoms with van der Waals surface area (Å²) in [5.41, 5.74) is 5.34. The zero-order valence-electron chi connectivity index (χ0n) is 15.7. The summed E-state index contributed by atoms with van der Waals surface area (Å²) in [6, 6.07) is 22.8. The van der Waals surface area contributed by atoms with Gasteiger partial charge in [0.1, 0.15) is 12.1 Å². The zero-order valence-corrected chi connectivity index (χ0v) is 15.7. The maximum atomic E-state index is 13.3. The Labute approximate surface area is 165 Å². The zero-order chi connectivity index (χ0) is 19.3. The van der Waals surface area contributed by atoms with E-state index in [9.17, 15) is 9.18 Å². The minimum atomic E-state index is -0.210. The predicted molar refractivity (Wildman–Crippen MR) is 111 cm³/mol. The molecule has 0 aromatic heterocycles. The van der Waals surface area contributed by atoms with Crippen LogP contribution in [0, 0.1) is 5.82 Å². The molecule has 142 valence electrons. The summed E-state index contributed by atoms with van der Waals surface area (Å²) in [4.78, 5) is 15.6. The van der Waals surface area contributed by atoms with Gasteiger partial charge in [-0.05, 0) is 53.1 Å². The largest absolute Gasteiger partial charge is 0.369 e. The summed E-state index contributed by atoms with van der Waals surface area (Å²) in [7, 11) is 0. The molecular formula is C24H23FN2O. The van der Waals surface area contributed by atoms with Crippen LogP contribution in [0.25, 0.3) is 11.1 Å². The highest BCUT2D eigenvalue weighted by Gasteiger charge is 2.18. The lowest BCUT2D eigenvalue weighted by Gasteiger charge is -2.36. The highest BCUT2D eigenvalue weighted by atomic mass is 19.1. The summed E-state index contributed by atoms with van der Waals surface area (Å²) in [6.45, 7) is 4.75. The lowest BCUT2D eigenvalue weighted by molar-refractivity contribution is 0.112. The molecule has 0 atom stereocenters. The van der Waals surface area contributed by atoms with E-state index in [1.165, 1.54) is 17.7 Å². The Morgan fingerprint density at radius 3 is 2.18 bits per heavy atom. The van der Waals surface area contributed by atoms with Crippen molar-refractivity contribution >= 4 is 12.0 Å². The number of piperazine rings is 1. The van der Waals surface area contributed by atoms with E-state index in [0.29, 0.717) is 5.56 Å². The Morgan fingerprint density at radius 2 is 1.50 bits per heavy atom. The van der Waals surface area contributed by atoms with Gasteiger partial charge in [-0.25, -0.2) is 4.39 Å². The number of halogens is 1. The van der Waals surface area contributed by atoms with Gasteiger partial charge in [-0.2, -0.15) is 0 Å². The molecule has 1 heterocycles. The van der Waals surface area contributed by atoms with Crippen molar-refractivity contribution in [3.63, 3.8) is 0 Å². The minimum Gasteiger partial charge on any atom is -0.369 e. The van der Waals surface area contributed by atoms with Gasteiger partial charge in [0.05, 0.1) is 0 Å². The van der Waals surface area contributed by atoms with E-state index in [0.717, 1.165) is 55.8 Å². The Hall–Kier alpha value is -2.98. The maximum absolute atomic E-state index is 13.3. The molecule has 0 N–H and O–H groups in total.